The van der Waals surface area contributed by atoms with Crippen molar-refractivity contribution in [3.8, 4) is 0 Å². The molecule has 0 bridgehead atoms. The van der Waals surface area contributed by atoms with E-state index in [4.69, 9.17) is 5.11 Å². The number of amides is 1. The van der Waals surface area contributed by atoms with Crippen molar-refractivity contribution in [2.24, 2.45) is 5.92 Å². The lowest BCUT2D eigenvalue weighted by atomic mass is 10.0. The van der Waals surface area contributed by atoms with E-state index in [2.05, 4.69) is 21.2 Å². The second kappa shape index (κ2) is 6.46. The van der Waals surface area contributed by atoms with Crippen LogP contribution in [-0.2, 0) is 11.0 Å². The highest BCUT2D eigenvalue weighted by Crippen LogP contribution is 2.35. The average Bonchev–Trinajstić information content (AvgIpc) is 2.33. The van der Waals surface area contributed by atoms with Gasteiger partial charge in [0.25, 0.3) is 5.91 Å². The molecule has 21 heavy (non-hydrogen) atoms. The Morgan fingerprint density at radius 1 is 1.29 bits per heavy atom. The number of halogens is 4. The van der Waals surface area contributed by atoms with Crippen LogP contribution in [0.3, 0.4) is 0 Å². The molecule has 2 N–H and O–H groups in total. The molecule has 4 nitrogen and oxygen atoms in total. The van der Waals surface area contributed by atoms with Crippen LogP contribution in [0, 0.1) is 5.92 Å². The molecule has 1 aromatic carbocycles. The molecule has 0 heterocycles. The normalized spacial score (nSPS) is 13.1. The first-order valence-corrected chi connectivity index (χ1v) is 6.73. The number of nitrogens with one attached hydrogen (secondary N) is 1. The fourth-order valence-electron chi connectivity index (χ4n) is 1.62. The van der Waals surface area contributed by atoms with Crippen LogP contribution in [-0.4, -0.2) is 23.0 Å². The molecule has 1 atom stereocenters. The summed E-state index contributed by atoms with van der Waals surface area (Å²) >= 11 is 2.77. The van der Waals surface area contributed by atoms with Crippen molar-refractivity contribution >= 4 is 27.8 Å². The topological polar surface area (TPSA) is 66.4 Å². The Balaban J connectivity index is 3.06. The van der Waals surface area contributed by atoms with Crippen LogP contribution in [0.25, 0.3) is 0 Å². The molecular formula is C13H13BrF3NO3. The van der Waals surface area contributed by atoms with Gasteiger partial charge in [0.1, 0.15) is 6.04 Å². The molecule has 0 aliphatic heterocycles. The minimum Gasteiger partial charge on any atom is -0.480 e. The molecule has 1 amide bonds. The van der Waals surface area contributed by atoms with E-state index in [-0.39, 0.29) is 10.0 Å². The molecule has 8 heteroatoms. The monoisotopic (exact) mass is 367 g/mol. The van der Waals surface area contributed by atoms with Gasteiger partial charge in [0.05, 0.1) is 5.56 Å². The summed E-state index contributed by atoms with van der Waals surface area (Å²) in [6.07, 6.45) is -4.61. The predicted octanol–water partition coefficient (Wildman–Crippen LogP) is 3.31. The van der Waals surface area contributed by atoms with Gasteiger partial charge in [-0.3, -0.25) is 4.79 Å². The lowest BCUT2D eigenvalue weighted by molar-refractivity contribution is -0.140. The lowest BCUT2D eigenvalue weighted by Gasteiger charge is -2.18. The molecule has 0 spiro atoms. The number of carboxylic acid groups (broad SMARTS) is 1. The number of rotatable bonds is 4. The van der Waals surface area contributed by atoms with E-state index in [1.165, 1.54) is 6.07 Å². The van der Waals surface area contributed by atoms with Crippen molar-refractivity contribution in [1.82, 2.24) is 5.32 Å². The second-order valence-electron chi connectivity index (χ2n) is 4.73. The van der Waals surface area contributed by atoms with Crippen molar-refractivity contribution in [1.29, 1.82) is 0 Å². The van der Waals surface area contributed by atoms with E-state index in [9.17, 15) is 22.8 Å². The highest BCUT2D eigenvalue weighted by molar-refractivity contribution is 9.10. The number of carboxylic acids is 1. The Labute approximate surface area is 127 Å². The average molecular weight is 368 g/mol. The molecular weight excluding hydrogens is 355 g/mol. The molecule has 1 rings (SSSR count). The Hall–Kier alpha value is -1.57. The number of carbonyl (C=O) groups is 2. The third-order valence-corrected chi connectivity index (χ3v) is 3.44. The van der Waals surface area contributed by atoms with E-state index in [0.29, 0.717) is 6.07 Å². The van der Waals surface area contributed by atoms with Crippen molar-refractivity contribution in [3.63, 3.8) is 0 Å². The van der Waals surface area contributed by atoms with Crippen LogP contribution in [0.4, 0.5) is 13.2 Å². The molecule has 0 saturated heterocycles. The molecule has 0 fully saturated rings. The predicted molar refractivity (Wildman–Crippen MR) is 72.9 cm³/mol. The van der Waals surface area contributed by atoms with E-state index < -0.39 is 35.6 Å². The van der Waals surface area contributed by atoms with Crippen LogP contribution in [0.1, 0.15) is 29.8 Å². The van der Waals surface area contributed by atoms with E-state index >= 15 is 0 Å². The van der Waals surface area contributed by atoms with E-state index in [0.717, 1.165) is 6.07 Å². The third-order valence-electron chi connectivity index (χ3n) is 2.75. The zero-order valence-corrected chi connectivity index (χ0v) is 12.7. The maximum atomic E-state index is 12.8. The number of aliphatic carboxylic acids is 1. The van der Waals surface area contributed by atoms with Gasteiger partial charge in [0.15, 0.2) is 0 Å². The van der Waals surface area contributed by atoms with E-state index in [1.54, 1.807) is 13.8 Å². The first-order valence-electron chi connectivity index (χ1n) is 5.94. The van der Waals surface area contributed by atoms with Crippen molar-refractivity contribution < 1.29 is 27.9 Å². The summed E-state index contributed by atoms with van der Waals surface area (Å²) in [5.41, 5.74) is -1.25. The molecule has 116 valence electrons. The molecule has 0 aliphatic carbocycles. The quantitative estimate of drug-likeness (QED) is 0.857. The molecule has 1 unspecified atom stereocenters. The second-order valence-corrected chi connectivity index (χ2v) is 5.58. The van der Waals surface area contributed by atoms with Gasteiger partial charge in [0, 0.05) is 10.0 Å². The summed E-state index contributed by atoms with van der Waals surface area (Å²) in [4.78, 5) is 22.9. The lowest BCUT2D eigenvalue weighted by Crippen LogP contribution is -2.44. The maximum Gasteiger partial charge on any atom is 0.417 e. The van der Waals surface area contributed by atoms with Gasteiger partial charge in [-0.2, -0.15) is 13.2 Å². The molecule has 0 radical (unpaired) electrons. The number of hydrogen-bond acceptors (Lipinski definition) is 2. The highest BCUT2D eigenvalue weighted by Gasteiger charge is 2.34. The summed E-state index contributed by atoms with van der Waals surface area (Å²) < 4.78 is 38.1. The van der Waals surface area contributed by atoms with Gasteiger partial charge in [0.2, 0.25) is 0 Å². The van der Waals surface area contributed by atoms with Crippen molar-refractivity contribution in [2.75, 3.05) is 0 Å². The number of carbonyl (C=O) groups excluding carboxylic acids is 1. The van der Waals surface area contributed by atoms with Gasteiger partial charge in [-0.25, -0.2) is 4.79 Å². The van der Waals surface area contributed by atoms with Gasteiger partial charge in [-0.05, 0) is 24.1 Å². The Kier molecular flexibility index (Phi) is 5.38. The van der Waals surface area contributed by atoms with Crippen LogP contribution in [0.2, 0.25) is 0 Å². The smallest absolute Gasteiger partial charge is 0.417 e. The fraction of sp³-hybridized carbons (Fsp3) is 0.385. The minimum atomic E-state index is -4.61. The fourth-order valence-corrected chi connectivity index (χ4v) is 2.09. The minimum absolute atomic E-state index is 0.190. The van der Waals surface area contributed by atoms with Gasteiger partial charge >= 0.3 is 12.1 Å². The Morgan fingerprint density at radius 3 is 2.29 bits per heavy atom. The summed E-state index contributed by atoms with van der Waals surface area (Å²) in [6, 6.07) is 1.80. The van der Waals surface area contributed by atoms with Crippen LogP contribution >= 0.6 is 15.9 Å². The summed E-state index contributed by atoms with van der Waals surface area (Å²) in [6.45, 7) is 3.17. The molecule has 0 aliphatic rings. The third kappa shape index (κ3) is 4.45. The number of benzene rings is 1. The maximum absolute atomic E-state index is 12.8. The van der Waals surface area contributed by atoms with Gasteiger partial charge in [-0.1, -0.05) is 29.8 Å². The van der Waals surface area contributed by atoms with E-state index in [1.807, 2.05) is 0 Å². The summed E-state index contributed by atoms with van der Waals surface area (Å²) in [7, 11) is 0. The van der Waals surface area contributed by atoms with Crippen molar-refractivity contribution in [3.05, 3.63) is 33.8 Å². The zero-order chi connectivity index (χ0) is 16.4. The Morgan fingerprint density at radius 2 is 1.86 bits per heavy atom. The Bertz CT molecular complexity index is 558. The molecule has 0 saturated carbocycles. The summed E-state index contributed by atoms with van der Waals surface area (Å²) in [5.74, 6) is -2.51. The van der Waals surface area contributed by atoms with Crippen LogP contribution < -0.4 is 5.32 Å². The van der Waals surface area contributed by atoms with Gasteiger partial charge < -0.3 is 10.4 Å². The highest BCUT2D eigenvalue weighted by atomic mass is 79.9. The first kappa shape index (κ1) is 17.5. The summed E-state index contributed by atoms with van der Waals surface area (Å²) in [5, 5.41) is 11.2. The van der Waals surface area contributed by atoms with Crippen molar-refractivity contribution in [2.45, 2.75) is 26.1 Å². The zero-order valence-electron chi connectivity index (χ0n) is 11.2. The molecule has 0 aromatic heterocycles. The number of alkyl halides is 3. The number of hydrogen-bond donors (Lipinski definition) is 2. The van der Waals surface area contributed by atoms with Crippen LogP contribution in [0.5, 0.6) is 0 Å². The largest absolute Gasteiger partial charge is 0.480 e. The first-order chi connectivity index (χ1) is 9.54. The molecule has 1 aromatic rings. The SMILES string of the molecule is CC(C)C(NC(=O)c1ccc(Br)c(C(F)(F)F)c1)C(=O)O. The van der Waals surface area contributed by atoms with Gasteiger partial charge in [-0.15, -0.1) is 0 Å². The standard InChI is InChI=1S/C13H13BrF3NO3/c1-6(2)10(12(20)21)18-11(19)7-3-4-9(14)8(5-7)13(15,16)17/h3-6,10H,1-2H3,(H,18,19)(H,20,21). The van der Waals surface area contributed by atoms with Crippen LogP contribution in [0.15, 0.2) is 22.7 Å².